The molecule has 0 saturated carbocycles. The number of hydrogen-bond donors (Lipinski definition) is 1. The third kappa shape index (κ3) is 4.69. The molecule has 0 unspecified atom stereocenters. The lowest BCUT2D eigenvalue weighted by atomic mass is 10.2. The summed E-state index contributed by atoms with van der Waals surface area (Å²) in [5.41, 5.74) is 5.41. The van der Waals surface area contributed by atoms with E-state index in [1.54, 1.807) is 0 Å². The summed E-state index contributed by atoms with van der Waals surface area (Å²) in [6.07, 6.45) is 1.24. The van der Waals surface area contributed by atoms with Gasteiger partial charge in [-0.1, -0.05) is 0 Å². The van der Waals surface area contributed by atoms with Crippen LogP contribution in [0.3, 0.4) is 0 Å². The fourth-order valence-electron chi connectivity index (χ4n) is 2.28. The number of carbonyl (C=O) groups excluding carboxylic acids is 2. The maximum atomic E-state index is 12.3. The summed E-state index contributed by atoms with van der Waals surface area (Å²) >= 11 is 1.52. The maximum absolute atomic E-state index is 12.3. The molecule has 21 heavy (non-hydrogen) atoms. The van der Waals surface area contributed by atoms with Gasteiger partial charge in [-0.2, -0.15) is 0 Å². The molecule has 0 aliphatic carbocycles. The van der Waals surface area contributed by atoms with Crippen LogP contribution in [0.1, 0.15) is 27.4 Å². The smallest absolute Gasteiger partial charge is 0.264 e. The zero-order valence-corrected chi connectivity index (χ0v) is 13.8. The molecule has 118 valence electrons. The lowest BCUT2D eigenvalue weighted by Crippen LogP contribution is -2.50. The van der Waals surface area contributed by atoms with Gasteiger partial charge >= 0.3 is 0 Å². The first-order chi connectivity index (χ1) is 9.61. The van der Waals surface area contributed by atoms with Gasteiger partial charge in [0.25, 0.3) is 5.91 Å². The molecular formula is C14H22ClN3O2S. The Kier molecular flexibility index (Phi) is 7.14. The highest BCUT2D eigenvalue weighted by Crippen LogP contribution is 2.18. The number of carbonyl (C=O) groups is 2. The van der Waals surface area contributed by atoms with E-state index in [1.807, 2.05) is 28.9 Å². The molecule has 1 saturated heterocycles. The number of amides is 2. The van der Waals surface area contributed by atoms with E-state index in [1.165, 1.54) is 11.3 Å². The van der Waals surface area contributed by atoms with Crippen LogP contribution in [0.2, 0.25) is 0 Å². The lowest BCUT2D eigenvalue weighted by Gasteiger charge is -2.34. The maximum Gasteiger partial charge on any atom is 0.264 e. The van der Waals surface area contributed by atoms with Gasteiger partial charge in [-0.05, 0) is 32.0 Å². The number of halogens is 1. The summed E-state index contributed by atoms with van der Waals surface area (Å²) in [5.74, 6) is 0.228. The second-order valence-electron chi connectivity index (χ2n) is 4.98. The van der Waals surface area contributed by atoms with Gasteiger partial charge in [0.05, 0.1) is 4.88 Å². The van der Waals surface area contributed by atoms with E-state index >= 15 is 0 Å². The predicted octanol–water partition coefficient (Wildman–Crippen LogP) is 1.50. The third-order valence-electron chi connectivity index (χ3n) is 3.47. The fraction of sp³-hybridized carbons (Fsp3) is 0.571. The van der Waals surface area contributed by atoms with E-state index in [0.717, 1.165) is 16.2 Å². The van der Waals surface area contributed by atoms with E-state index in [-0.39, 0.29) is 24.2 Å². The molecule has 0 atom stereocenters. The summed E-state index contributed by atoms with van der Waals surface area (Å²) in [4.78, 5) is 29.7. The van der Waals surface area contributed by atoms with Crippen LogP contribution in [-0.2, 0) is 4.79 Å². The van der Waals surface area contributed by atoms with Crippen LogP contribution in [0.5, 0.6) is 0 Å². The quantitative estimate of drug-likeness (QED) is 0.909. The molecule has 0 spiro atoms. The van der Waals surface area contributed by atoms with E-state index in [2.05, 4.69) is 0 Å². The van der Waals surface area contributed by atoms with Crippen molar-refractivity contribution < 1.29 is 9.59 Å². The van der Waals surface area contributed by atoms with E-state index in [0.29, 0.717) is 39.1 Å². The zero-order chi connectivity index (χ0) is 14.5. The van der Waals surface area contributed by atoms with E-state index in [4.69, 9.17) is 5.73 Å². The minimum absolute atomic E-state index is 0. The summed E-state index contributed by atoms with van der Waals surface area (Å²) in [7, 11) is 0. The van der Waals surface area contributed by atoms with Crippen LogP contribution in [0.4, 0.5) is 0 Å². The number of nitrogens with zero attached hydrogens (tertiary/aromatic N) is 2. The number of thiophene rings is 1. The minimum atomic E-state index is 0. The topological polar surface area (TPSA) is 66.6 Å². The van der Waals surface area contributed by atoms with Crippen LogP contribution in [0, 0.1) is 6.92 Å². The van der Waals surface area contributed by atoms with Crippen LogP contribution < -0.4 is 5.73 Å². The summed E-state index contributed by atoms with van der Waals surface area (Å²) in [6, 6.07) is 3.84. The van der Waals surface area contributed by atoms with Crippen molar-refractivity contribution in [2.24, 2.45) is 5.73 Å². The second-order valence-corrected chi connectivity index (χ2v) is 6.26. The Morgan fingerprint density at radius 2 is 1.81 bits per heavy atom. The third-order valence-corrected chi connectivity index (χ3v) is 4.45. The Balaban J connectivity index is 0.00000220. The van der Waals surface area contributed by atoms with Crippen molar-refractivity contribution in [2.45, 2.75) is 19.8 Å². The first kappa shape index (κ1) is 17.9. The lowest BCUT2D eigenvalue weighted by molar-refractivity contribution is -0.132. The SMILES string of the molecule is Cc1ccc(C(=O)N2CCN(C(=O)CCCN)CC2)s1.Cl. The first-order valence-electron chi connectivity index (χ1n) is 6.95. The molecule has 2 amide bonds. The van der Waals surface area contributed by atoms with Gasteiger partial charge in [-0.15, -0.1) is 23.7 Å². The highest BCUT2D eigenvalue weighted by molar-refractivity contribution is 7.13. The van der Waals surface area contributed by atoms with Gasteiger partial charge in [0, 0.05) is 37.5 Å². The molecule has 7 heteroatoms. The second kappa shape index (κ2) is 8.36. The number of hydrogen-bond acceptors (Lipinski definition) is 4. The summed E-state index contributed by atoms with van der Waals surface area (Å²) in [6.45, 7) is 5.02. The molecule has 2 rings (SSSR count). The van der Waals surface area contributed by atoms with E-state index in [9.17, 15) is 9.59 Å². The summed E-state index contributed by atoms with van der Waals surface area (Å²) in [5, 5.41) is 0. The molecule has 1 aliphatic heterocycles. The standard InChI is InChI=1S/C14H21N3O2S.ClH/c1-11-4-5-12(20-11)14(19)17-9-7-16(8-10-17)13(18)3-2-6-15;/h4-5H,2-3,6-10,15H2,1H3;1H. The molecule has 2 N–H and O–H groups in total. The van der Waals surface area contributed by atoms with Crippen molar-refractivity contribution >= 4 is 35.6 Å². The Bertz CT molecular complexity index is 484. The predicted molar refractivity (Wildman–Crippen MR) is 87.1 cm³/mol. The van der Waals surface area contributed by atoms with Gasteiger partial charge < -0.3 is 15.5 Å². The number of aryl methyl sites for hydroxylation is 1. The molecule has 1 aromatic rings. The fourth-order valence-corrected chi connectivity index (χ4v) is 3.11. The van der Waals surface area contributed by atoms with E-state index < -0.39 is 0 Å². The first-order valence-corrected chi connectivity index (χ1v) is 7.77. The molecule has 1 fully saturated rings. The molecule has 0 radical (unpaired) electrons. The van der Waals surface area contributed by atoms with Crippen LogP contribution >= 0.6 is 23.7 Å². The Labute approximate surface area is 135 Å². The molecular weight excluding hydrogens is 310 g/mol. The molecule has 2 heterocycles. The van der Waals surface area contributed by atoms with Crippen LogP contribution in [0.15, 0.2) is 12.1 Å². The van der Waals surface area contributed by atoms with Crippen molar-refractivity contribution in [1.29, 1.82) is 0 Å². The number of rotatable bonds is 4. The highest BCUT2D eigenvalue weighted by atomic mass is 35.5. The highest BCUT2D eigenvalue weighted by Gasteiger charge is 2.25. The van der Waals surface area contributed by atoms with Crippen molar-refractivity contribution in [2.75, 3.05) is 32.7 Å². The Hall–Kier alpha value is -1.11. The normalized spacial score (nSPS) is 14.8. The Morgan fingerprint density at radius 1 is 1.19 bits per heavy atom. The van der Waals surface area contributed by atoms with Crippen LogP contribution in [-0.4, -0.2) is 54.3 Å². The molecule has 5 nitrogen and oxygen atoms in total. The summed E-state index contributed by atoms with van der Waals surface area (Å²) < 4.78 is 0. The zero-order valence-electron chi connectivity index (χ0n) is 12.2. The van der Waals surface area contributed by atoms with Gasteiger partial charge in [-0.25, -0.2) is 0 Å². The van der Waals surface area contributed by atoms with Gasteiger partial charge in [0.15, 0.2) is 0 Å². The minimum Gasteiger partial charge on any atom is -0.339 e. The van der Waals surface area contributed by atoms with Gasteiger partial charge in [0.1, 0.15) is 0 Å². The average molecular weight is 332 g/mol. The number of nitrogens with two attached hydrogens (primary N) is 1. The van der Waals surface area contributed by atoms with Crippen molar-refractivity contribution in [3.05, 3.63) is 21.9 Å². The van der Waals surface area contributed by atoms with Gasteiger partial charge in [-0.3, -0.25) is 9.59 Å². The molecule has 0 bridgehead atoms. The van der Waals surface area contributed by atoms with Crippen LogP contribution in [0.25, 0.3) is 0 Å². The van der Waals surface area contributed by atoms with Crippen molar-refractivity contribution in [1.82, 2.24) is 9.80 Å². The van der Waals surface area contributed by atoms with Gasteiger partial charge in [0.2, 0.25) is 5.91 Å². The number of piperazine rings is 1. The Morgan fingerprint density at radius 3 is 2.33 bits per heavy atom. The molecule has 1 aliphatic rings. The monoisotopic (exact) mass is 331 g/mol. The molecule has 0 aromatic carbocycles. The largest absolute Gasteiger partial charge is 0.339 e. The van der Waals surface area contributed by atoms with Crippen molar-refractivity contribution in [3.63, 3.8) is 0 Å². The van der Waals surface area contributed by atoms with Crippen molar-refractivity contribution in [3.8, 4) is 0 Å². The average Bonchev–Trinajstić information content (AvgIpc) is 2.90. The molecule has 1 aromatic heterocycles.